The normalized spacial score (nSPS) is 14.6. The monoisotopic (exact) mass is 618 g/mol. The average Bonchev–Trinajstić information content (AvgIpc) is 3.59. The minimum Gasteiger partial charge on any atom is -0.493 e. The maximum Gasteiger partial charge on any atom is 0.338 e. The maximum absolute atomic E-state index is 14.0. The van der Waals surface area contributed by atoms with E-state index in [4.69, 9.17) is 23.4 Å². The standard InChI is InChI=1S/C32H30N2O9S/c1-7-42-31(38)26-17(3)33-32-34(27(26)19-13-23(39-4)28(41-6)24(14-19)40-5)29(35)25(44-32)15-20-9-11-22(43-20)21-10-8-18(30(36)37)12-16(21)2/h8-15,27H,7H2,1-6H3,(H,36,37)/b25-15-/t27-/m1/s1. The second kappa shape index (κ2) is 12.3. The Kier molecular flexibility index (Phi) is 8.45. The lowest BCUT2D eigenvalue weighted by atomic mass is 9.95. The van der Waals surface area contributed by atoms with E-state index in [1.165, 1.54) is 32.0 Å². The molecule has 2 aromatic carbocycles. The third-order valence-electron chi connectivity index (χ3n) is 7.16. The van der Waals surface area contributed by atoms with Crippen molar-refractivity contribution in [2.45, 2.75) is 26.8 Å². The lowest BCUT2D eigenvalue weighted by molar-refractivity contribution is -0.139. The molecule has 0 saturated carbocycles. The van der Waals surface area contributed by atoms with Crippen LogP contribution in [0, 0.1) is 6.92 Å². The van der Waals surface area contributed by atoms with Crippen molar-refractivity contribution in [1.82, 2.24) is 4.57 Å². The summed E-state index contributed by atoms with van der Waals surface area (Å²) < 4.78 is 29.8. The molecule has 1 aliphatic heterocycles. The first-order valence-corrected chi connectivity index (χ1v) is 14.4. The largest absolute Gasteiger partial charge is 0.493 e. The number of hydrogen-bond acceptors (Lipinski definition) is 10. The maximum atomic E-state index is 14.0. The summed E-state index contributed by atoms with van der Waals surface area (Å²) in [5.74, 6) is 0.411. The Balaban J connectivity index is 1.66. The second-order valence-electron chi connectivity index (χ2n) is 9.80. The molecule has 44 heavy (non-hydrogen) atoms. The highest BCUT2D eigenvalue weighted by molar-refractivity contribution is 7.07. The molecule has 0 fully saturated rings. The first kappa shape index (κ1) is 30.4. The summed E-state index contributed by atoms with van der Waals surface area (Å²) >= 11 is 1.16. The Hall–Kier alpha value is -5.10. The molecule has 3 heterocycles. The number of benzene rings is 2. The molecule has 0 radical (unpaired) electrons. The molecule has 0 saturated heterocycles. The quantitative estimate of drug-likeness (QED) is 0.275. The number of carbonyl (C=O) groups excluding carboxylic acids is 1. The lowest BCUT2D eigenvalue weighted by Crippen LogP contribution is -2.40. The molecule has 4 aromatic rings. The van der Waals surface area contributed by atoms with Gasteiger partial charge in [-0.05, 0) is 68.3 Å². The number of carboxylic acids is 1. The van der Waals surface area contributed by atoms with Gasteiger partial charge in [0.05, 0.1) is 55.3 Å². The summed E-state index contributed by atoms with van der Waals surface area (Å²) in [6, 6.07) is 10.7. The molecule has 12 heteroatoms. The Morgan fingerprint density at radius 2 is 1.75 bits per heavy atom. The van der Waals surface area contributed by atoms with Gasteiger partial charge in [0.1, 0.15) is 11.5 Å². The van der Waals surface area contributed by atoms with Crippen LogP contribution >= 0.6 is 11.3 Å². The van der Waals surface area contributed by atoms with Crippen molar-refractivity contribution in [3.8, 4) is 28.6 Å². The van der Waals surface area contributed by atoms with Crippen molar-refractivity contribution in [3.05, 3.63) is 95.9 Å². The van der Waals surface area contributed by atoms with Gasteiger partial charge in [0, 0.05) is 11.6 Å². The van der Waals surface area contributed by atoms with E-state index < -0.39 is 18.0 Å². The summed E-state index contributed by atoms with van der Waals surface area (Å²) in [6.45, 7) is 5.35. The predicted octanol–water partition coefficient (Wildman–Crippen LogP) is 4.09. The van der Waals surface area contributed by atoms with Gasteiger partial charge >= 0.3 is 11.9 Å². The number of aromatic nitrogens is 1. The zero-order chi connectivity index (χ0) is 31.7. The molecule has 1 aliphatic rings. The highest BCUT2D eigenvalue weighted by atomic mass is 32.1. The third-order valence-corrected chi connectivity index (χ3v) is 8.14. The molecule has 1 atom stereocenters. The Morgan fingerprint density at radius 1 is 1.05 bits per heavy atom. The van der Waals surface area contributed by atoms with Crippen LogP contribution in [0.2, 0.25) is 0 Å². The van der Waals surface area contributed by atoms with Gasteiger partial charge < -0.3 is 28.5 Å². The van der Waals surface area contributed by atoms with Crippen molar-refractivity contribution < 1.29 is 38.1 Å². The van der Waals surface area contributed by atoms with Gasteiger partial charge in [0.2, 0.25) is 5.75 Å². The summed E-state index contributed by atoms with van der Waals surface area (Å²) in [6.07, 6.45) is 1.61. The zero-order valence-corrected chi connectivity index (χ0v) is 25.7. The van der Waals surface area contributed by atoms with Gasteiger partial charge in [-0.3, -0.25) is 9.36 Å². The number of furan rings is 1. The molecule has 5 rings (SSSR count). The van der Waals surface area contributed by atoms with E-state index in [0.717, 1.165) is 22.5 Å². The van der Waals surface area contributed by atoms with Gasteiger partial charge in [0.25, 0.3) is 5.56 Å². The van der Waals surface area contributed by atoms with Gasteiger partial charge in [0.15, 0.2) is 16.3 Å². The zero-order valence-electron chi connectivity index (χ0n) is 24.9. The van der Waals surface area contributed by atoms with Crippen molar-refractivity contribution in [2.75, 3.05) is 27.9 Å². The number of carboxylic acid groups (broad SMARTS) is 1. The second-order valence-corrected chi connectivity index (χ2v) is 10.8. The number of nitrogens with zero attached hydrogens (tertiary/aromatic N) is 2. The van der Waals surface area contributed by atoms with Crippen molar-refractivity contribution in [2.24, 2.45) is 4.99 Å². The van der Waals surface area contributed by atoms with Crippen LogP contribution < -0.4 is 29.1 Å². The first-order valence-electron chi connectivity index (χ1n) is 13.6. The SMILES string of the molecule is CCOC(=O)C1=C(C)N=c2s/c(=C\c3ccc(-c4ccc(C(=O)O)cc4C)o3)c(=O)n2[C@@H]1c1cc(OC)c(OC)c(OC)c1. The molecule has 2 aromatic heterocycles. The van der Waals surface area contributed by atoms with E-state index in [9.17, 15) is 19.5 Å². The molecular weight excluding hydrogens is 588 g/mol. The predicted molar refractivity (Wildman–Crippen MR) is 162 cm³/mol. The van der Waals surface area contributed by atoms with Gasteiger partial charge in [-0.25, -0.2) is 14.6 Å². The number of thiazole rings is 1. The van der Waals surface area contributed by atoms with Gasteiger partial charge in [-0.15, -0.1) is 0 Å². The summed E-state index contributed by atoms with van der Waals surface area (Å²) in [5.41, 5.74) is 2.41. The fraction of sp³-hybridized carbons (Fsp3) is 0.250. The fourth-order valence-corrected chi connectivity index (χ4v) is 6.17. The smallest absolute Gasteiger partial charge is 0.338 e. The first-order chi connectivity index (χ1) is 21.1. The minimum absolute atomic E-state index is 0.140. The number of hydrogen-bond donors (Lipinski definition) is 1. The van der Waals surface area contributed by atoms with Crippen LogP contribution in [0.5, 0.6) is 17.2 Å². The Bertz CT molecular complexity index is 1970. The van der Waals surface area contributed by atoms with Gasteiger partial charge in [-0.2, -0.15) is 0 Å². The Labute approximate surface area is 255 Å². The van der Waals surface area contributed by atoms with E-state index >= 15 is 0 Å². The Morgan fingerprint density at radius 3 is 2.34 bits per heavy atom. The minimum atomic E-state index is -1.01. The summed E-state index contributed by atoms with van der Waals surface area (Å²) in [4.78, 5) is 43.6. The van der Waals surface area contributed by atoms with Crippen LogP contribution in [0.3, 0.4) is 0 Å². The van der Waals surface area contributed by atoms with Crippen LogP contribution in [0.15, 0.2) is 67.9 Å². The van der Waals surface area contributed by atoms with Crippen molar-refractivity contribution in [1.29, 1.82) is 0 Å². The molecule has 228 valence electrons. The van der Waals surface area contributed by atoms with Crippen molar-refractivity contribution >= 4 is 29.4 Å². The lowest BCUT2D eigenvalue weighted by Gasteiger charge is -2.26. The number of rotatable bonds is 9. The average molecular weight is 619 g/mol. The van der Waals surface area contributed by atoms with Crippen LogP contribution in [-0.2, 0) is 9.53 Å². The van der Waals surface area contributed by atoms with Crippen molar-refractivity contribution in [3.63, 3.8) is 0 Å². The number of carbonyl (C=O) groups is 2. The van der Waals surface area contributed by atoms with E-state index in [2.05, 4.69) is 4.99 Å². The van der Waals surface area contributed by atoms with E-state index in [1.54, 1.807) is 63.2 Å². The summed E-state index contributed by atoms with van der Waals surface area (Å²) in [5, 5.41) is 9.28. The van der Waals surface area contributed by atoms with Crippen LogP contribution in [0.4, 0.5) is 0 Å². The topological polar surface area (TPSA) is 139 Å². The van der Waals surface area contributed by atoms with E-state index in [1.807, 2.05) is 0 Å². The fourth-order valence-electron chi connectivity index (χ4n) is 5.14. The number of ether oxygens (including phenoxy) is 4. The number of allylic oxidation sites excluding steroid dienone is 1. The summed E-state index contributed by atoms with van der Waals surface area (Å²) in [7, 11) is 4.46. The molecule has 11 nitrogen and oxygen atoms in total. The number of fused-ring (bicyclic) bond motifs is 1. The highest BCUT2D eigenvalue weighted by Gasteiger charge is 2.34. The van der Waals surface area contributed by atoms with Crippen LogP contribution in [0.1, 0.15) is 47.1 Å². The number of aromatic carboxylic acids is 1. The molecule has 0 bridgehead atoms. The van der Waals surface area contributed by atoms with E-state index in [0.29, 0.717) is 49.4 Å². The molecule has 0 unspecified atom stereocenters. The third kappa shape index (κ3) is 5.39. The molecule has 0 amide bonds. The molecular formula is C32H30N2O9S. The van der Waals surface area contributed by atoms with Gasteiger partial charge in [-0.1, -0.05) is 17.4 Å². The molecule has 0 spiro atoms. The highest BCUT2D eigenvalue weighted by Crippen LogP contribution is 2.42. The number of methoxy groups -OCH3 is 3. The number of aryl methyl sites for hydroxylation is 1. The van der Waals surface area contributed by atoms with Crippen LogP contribution in [0.25, 0.3) is 17.4 Å². The molecule has 0 aliphatic carbocycles. The molecule has 1 N–H and O–H groups in total. The van der Waals surface area contributed by atoms with Crippen LogP contribution in [-0.4, -0.2) is 49.5 Å². The number of esters is 1. The van der Waals surface area contributed by atoms with E-state index in [-0.39, 0.29) is 23.3 Å².